The van der Waals surface area contributed by atoms with Crippen LogP contribution >= 0.6 is 67.8 Å². The molecule has 0 radical (unpaired) electrons. The van der Waals surface area contributed by atoms with Gasteiger partial charge in [-0.25, -0.2) is 41.3 Å². The van der Waals surface area contributed by atoms with E-state index in [1.807, 2.05) is 45.2 Å². The maximum Gasteiger partial charge on any atom is 0.534 e. The highest BCUT2D eigenvalue weighted by Gasteiger charge is 2.49. The lowest BCUT2D eigenvalue weighted by Crippen LogP contribution is -2.42. The van der Waals surface area contributed by atoms with E-state index in [1.54, 1.807) is 97.4 Å². The number of anilines is 1. The Morgan fingerprint density at radius 1 is 0.469 bits per heavy atom. The number of hydrogen-bond acceptors (Lipinski definition) is 16. The first-order chi connectivity index (χ1) is 46.3. The number of halogens is 9. The average Bonchev–Trinajstić information content (AvgIpc) is 0.735. The zero-order chi connectivity index (χ0) is 71.6. The summed E-state index contributed by atoms with van der Waals surface area (Å²) in [6.45, 7) is -0.526. The van der Waals surface area contributed by atoms with E-state index in [2.05, 4.69) is 9.50 Å². The molecule has 0 aliphatic heterocycles. The molecule has 0 amide bonds. The molecule has 24 nitrogen and oxygen atoms in total. The summed E-state index contributed by atoms with van der Waals surface area (Å²) in [5, 5.41) is 12.1. The van der Waals surface area contributed by atoms with Crippen molar-refractivity contribution >= 4 is 106 Å². The molecule has 0 aliphatic carbocycles. The van der Waals surface area contributed by atoms with Crippen molar-refractivity contribution in [2.45, 2.75) is 25.1 Å². The van der Waals surface area contributed by atoms with Crippen LogP contribution in [0.25, 0.3) is 39.1 Å². The van der Waals surface area contributed by atoms with Gasteiger partial charge in [0.25, 0.3) is 27.8 Å². The predicted molar refractivity (Wildman–Crippen MR) is 376 cm³/mol. The van der Waals surface area contributed by atoms with Gasteiger partial charge in [0.15, 0.2) is 5.75 Å². The van der Waals surface area contributed by atoms with Crippen molar-refractivity contribution in [2.75, 3.05) is 33.7 Å². The lowest BCUT2D eigenvalue weighted by Gasteiger charge is -2.19. The van der Waals surface area contributed by atoms with E-state index >= 15 is 4.39 Å². The Labute approximate surface area is 588 Å². The lowest BCUT2D eigenvalue weighted by molar-refractivity contribution is -0.0499. The molecule has 11 rings (SSSR count). The number of aryl methyl sites for hydroxylation is 2. The number of alkyl halides is 3. The Bertz CT molecular complexity index is 5600. The van der Waals surface area contributed by atoms with Crippen molar-refractivity contribution in [1.29, 1.82) is 0 Å². The Hall–Kier alpha value is -9.70. The number of aromatic nitrogens is 8. The Kier molecular flexibility index (Phi) is 21.9. The summed E-state index contributed by atoms with van der Waals surface area (Å²) >= 11 is 5.72. The van der Waals surface area contributed by atoms with Gasteiger partial charge in [0, 0.05) is 50.1 Å². The second-order valence-electron chi connectivity index (χ2n) is 20.9. The molecular formula is C64H50F6I3N9O15S. The van der Waals surface area contributed by atoms with Gasteiger partial charge in [-0.05, 0) is 175 Å². The number of ether oxygens (including phenoxy) is 3. The zero-order valence-electron chi connectivity index (χ0n) is 51.5. The van der Waals surface area contributed by atoms with Crippen LogP contribution in [-0.2, 0) is 43.8 Å². The summed E-state index contributed by atoms with van der Waals surface area (Å²) in [4.78, 5) is 104. The Morgan fingerprint density at radius 3 is 1.18 bits per heavy atom. The molecule has 34 heteroatoms. The van der Waals surface area contributed by atoms with Crippen molar-refractivity contribution in [3.05, 3.63) is 274 Å². The van der Waals surface area contributed by atoms with Gasteiger partial charge in [-0.2, -0.15) is 21.6 Å². The molecular weight excluding hydrogens is 1660 g/mol. The van der Waals surface area contributed by atoms with E-state index in [1.165, 1.54) is 81.9 Å². The van der Waals surface area contributed by atoms with Crippen molar-refractivity contribution in [1.82, 2.24) is 36.5 Å². The lowest BCUT2D eigenvalue weighted by atomic mass is 10.2. The molecule has 0 aliphatic rings. The maximum atomic E-state index is 15.1. The summed E-state index contributed by atoms with van der Waals surface area (Å²) in [5.74, 6) is -2.15. The number of hydrogen-bond donors (Lipinski definition) is 2. The molecule has 0 bridgehead atoms. The number of fused-ring (bicyclic) bond motifs is 2. The fourth-order valence-corrected chi connectivity index (χ4v) is 11.8. The average molecular weight is 1710 g/mol. The minimum absolute atomic E-state index is 0.0671. The first-order valence-electron chi connectivity index (χ1n) is 28.1. The number of aromatic hydroxyl groups is 1. The van der Waals surface area contributed by atoms with Crippen molar-refractivity contribution in [2.24, 2.45) is 14.1 Å². The van der Waals surface area contributed by atoms with Gasteiger partial charge in [0.05, 0.1) is 58.0 Å². The van der Waals surface area contributed by atoms with Crippen LogP contribution < -0.4 is 68.6 Å². The normalized spacial score (nSPS) is 11.4. The molecule has 0 atom stereocenters. The second-order valence-corrected chi connectivity index (χ2v) is 26.2. The molecule has 2 N–H and O–H groups in total. The topological polar surface area (TPSA) is 279 Å². The third-order valence-electron chi connectivity index (χ3n) is 14.8. The molecule has 0 spiro atoms. The SMILES string of the molecule is CNc1cc(=O)n(Cc2ccc(OC)cc2)c(=O)n1-c1ccc(I)cc1F.COc1ccc(Cn2c(=O)c3c(O)cc(=O)n(C)c3n(-c3ccc(I)cc3F)c2=O)cc1.COc1ccc(Cn2c(=O)c3c(OS(=O)(=O)C(F)(F)F)cc(=O)n(C)c3n(-c3ccc(I)cc3F)c2=O)cc1. The highest BCUT2D eigenvalue weighted by Crippen LogP contribution is 2.31. The molecule has 5 heterocycles. The van der Waals surface area contributed by atoms with Crippen LogP contribution in [0.4, 0.5) is 32.2 Å². The monoisotopic (exact) mass is 1710 g/mol. The minimum atomic E-state index is -6.34. The van der Waals surface area contributed by atoms with Gasteiger partial charge in [0.2, 0.25) is 0 Å². The number of methoxy groups -OCH3 is 3. The van der Waals surface area contributed by atoms with Gasteiger partial charge in [-0.15, -0.1) is 0 Å². The molecule has 0 saturated heterocycles. The fourth-order valence-electron chi connectivity index (χ4n) is 9.94. The van der Waals surface area contributed by atoms with Gasteiger partial charge in [-0.3, -0.25) is 46.8 Å². The van der Waals surface area contributed by atoms with Crippen LogP contribution in [0.3, 0.4) is 0 Å². The van der Waals surface area contributed by atoms with E-state index in [4.69, 9.17) is 14.2 Å². The number of rotatable bonds is 15. The number of benzene rings is 6. The summed E-state index contributed by atoms with van der Waals surface area (Å²) in [5.41, 5.74) is -12.6. The van der Waals surface area contributed by atoms with Crippen molar-refractivity contribution < 1.29 is 58.3 Å². The summed E-state index contributed by atoms with van der Waals surface area (Å²) in [6.07, 6.45) is 0. The molecule has 98 heavy (non-hydrogen) atoms. The predicted octanol–water partition coefficient (Wildman–Crippen LogP) is 8.08. The molecule has 5 aromatic heterocycles. The third kappa shape index (κ3) is 14.9. The van der Waals surface area contributed by atoms with Crippen LogP contribution in [0.1, 0.15) is 16.7 Å². The number of nitrogens with one attached hydrogen (secondary N) is 1. The summed E-state index contributed by atoms with van der Waals surface area (Å²) in [6, 6.07) is 34.7. The number of pyridine rings is 2. The van der Waals surface area contributed by atoms with Crippen molar-refractivity contribution in [3.63, 3.8) is 0 Å². The Balaban J connectivity index is 0.000000175. The van der Waals surface area contributed by atoms with Crippen LogP contribution in [0.2, 0.25) is 0 Å². The minimum Gasteiger partial charge on any atom is -0.507 e. The van der Waals surface area contributed by atoms with Gasteiger partial charge >= 0.3 is 32.7 Å². The fraction of sp³-hybridized carbons (Fsp3) is 0.156. The molecule has 0 unspecified atom stereocenters. The molecule has 510 valence electrons. The standard InChI is InChI=1S/C23H16F4IN3O7S.C22H17FIN3O5.C19H17FIN3O3/c1-29-18(32)10-17(38-39(35,36)23(25,26)27)19-20(29)31(16-8-5-13(28)9-15(16)24)22(34)30(21(19)33)11-12-3-6-14(37-2)7-4-12;1-25-18(29)10-17(28)19-20(25)27(16-8-5-13(24)9-15(16)23)22(31)26(21(19)30)11-12-3-6-14(32-2)7-4-12;1-22-17-10-18(25)23(11-12-3-6-14(27-2)7-4-12)19(26)24(17)16-8-5-13(21)9-15(16)20/h3-10H,11H2,1-2H3;3-10,28H,11H2,1-2H3;3-10,22H,11H2,1-2H3. The zero-order valence-corrected chi connectivity index (χ0v) is 58.8. The van der Waals surface area contributed by atoms with E-state index in [-0.39, 0.29) is 41.3 Å². The first kappa shape index (κ1) is 72.6. The highest BCUT2D eigenvalue weighted by molar-refractivity contribution is 14.1. The molecule has 0 fully saturated rings. The molecule has 6 aromatic carbocycles. The van der Waals surface area contributed by atoms with E-state index in [0.717, 1.165) is 53.6 Å². The maximum absolute atomic E-state index is 15.1. The van der Waals surface area contributed by atoms with Gasteiger partial charge in [-0.1, -0.05) is 36.4 Å². The smallest absolute Gasteiger partial charge is 0.507 e. The molecule has 0 saturated carbocycles. The third-order valence-corrected chi connectivity index (χ3v) is 17.8. The highest BCUT2D eigenvalue weighted by atomic mass is 127. The largest absolute Gasteiger partial charge is 0.534 e. The summed E-state index contributed by atoms with van der Waals surface area (Å²) in [7, 11) is 2.14. The van der Waals surface area contributed by atoms with Crippen LogP contribution in [0.15, 0.2) is 184 Å². The quantitative estimate of drug-likeness (QED) is 0.0424. The van der Waals surface area contributed by atoms with Crippen LogP contribution in [0.5, 0.6) is 28.7 Å². The molecule has 11 aromatic rings. The van der Waals surface area contributed by atoms with E-state index < -0.39 is 113 Å². The van der Waals surface area contributed by atoms with E-state index in [0.29, 0.717) is 58.9 Å². The Morgan fingerprint density at radius 2 is 0.816 bits per heavy atom. The van der Waals surface area contributed by atoms with Crippen molar-refractivity contribution in [3.8, 4) is 45.8 Å². The summed E-state index contributed by atoms with van der Waals surface area (Å²) < 4.78 is 136. The van der Waals surface area contributed by atoms with Crippen LogP contribution in [-0.4, -0.2) is 83.9 Å². The second kappa shape index (κ2) is 29.6. The van der Waals surface area contributed by atoms with E-state index in [9.17, 15) is 73.8 Å². The van der Waals surface area contributed by atoms with Gasteiger partial charge < -0.3 is 28.8 Å². The van der Waals surface area contributed by atoms with Gasteiger partial charge in [0.1, 0.15) is 68.3 Å². The van der Waals surface area contributed by atoms with Crippen LogP contribution in [0, 0.1) is 28.2 Å². The number of nitrogens with zero attached hydrogens (tertiary/aromatic N) is 8. The first-order valence-corrected chi connectivity index (χ1v) is 32.8.